The quantitative estimate of drug-likeness (QED) is 0.910. The van der Waals surface area contributed by atoms with E-state index in [1.807, 2.05) is 36.4 Å². The maximum atomic E-state index is 12.3. The second-order valence-electron chi connectivity index (χ2n) is 5.44. The zero-order valence-corrected chi connectivity index (χ0v) is 12.7. The molecule has 0 saturated carbocycles. The number of amides is 1. The van der Waals surface area contributed by atoms with Gasteiger partial charge in [0.2, 0.25) is 0 Å². The fourth-order valence-corrected chi connectivity index (χ4v) is 2.65. The van der Waals surface area contributed by atoms with Crippen LogP contribution < -0.4 is 15.4 Å². The van der Waals surface area contributed by atoms with Crippen molar-refractivity contribution in [2.75, 3.05) is 13.7 Å². The van der Waals surface area contributed by atoms with E-state index in [0.29, 0.717) is 6.54 Å². The molecular formula is C18H20N2O2. The van der Waals surface area contributed by atoms with Crippen molar-refractivity contribution >= 4 is 5.91 Å². The van der Waals surface area contributed by atoms with Gasteiger partial charge >= 0.3 is 0 Å². The predicted molar refractivity (Wildman–Crippen MR) is 86.0 cm³/mol. The maximum absolute atomic E-state index is 12.3. The topological polar surface area (TPSA) is 50.4 Å². The molecule has 1 aliphatic rings. The van der Waals surface area contributed by atoms with Gasteiger partial charge in [-0.2, -0.15) is 0 Å². The minimum absolute atomic E-state index is 0.0378. The smallest absolute Gasteiger partial charge is 0.251 e. The molecule has 0 unspecified atom stereocenters. The van der Waals surface area contributed by atoms with Gasteiger partial charge in [0.1, 0.15) is 5.75 Å². The average molecular weight is 296 g/mol. The van der Waals surface area contributed by atoms with Gasteiger partial charge in [0.05, 0.1) is 7.11 Å². The van der Waals surface area contributed by atoms with Gasteiger partial charge < -0.3 is 15.4 Å². The number of benzene rings is 2. The molecule has 4 nitrogen and oxygen atoms in total. The van der Waals surface area contributed by atoms with E-state index in [0.717, 1.165) is 36.4 Å². The number of ether oxygens (including phenoxy) is 1. The molecule has 0 radical (unpaired) electrons. The van der Waals surface area contributed by atoms with Gasteiger partial charge in [-0.1, -0.05) is 18.2 Å². The Labute approximate surface area is 130 Å². The molecule has 0 aliphatic carbocycles. The van der Waals surface area contributed by atoms with Gasteiger partial charge in [-0.3, -0.25) is 4.79 Å². The van der Waals surface area contributed by atoms with Crippen molar-refractivity contribution in [1.29, 1.82) is 0 Å². The Morgan fingerprint density at radius 1 is 1.18 bits per heavy atom. The van der Waals surface area contributed by atoms with Gasteiger partial charge in [0.15, 0.2) is 0 Å². The molecule has 4 heteroatoms. The van der Waals surface area contributed by atoms with Crippen LogP contribution in [0.4, 0.5) is 0 Å². The van der Waals surface area contributed by atoms with Crippen LogP contribution in [-0.4, -0.2) is 19.6 Å². The number of hydrogen-bond acceptors (Lipinski definition) is 3. The second-order valence-corrected chi connectivity index (χ2v) is 5.44. The predicted octanol–water partition coefficient (Wildman–Crippen LogP) is 2.27. The molecule has 1 heterocycles. The molecule has 3 rings (SSSR count). The summed E-state index contributed by atoms with van der Waals surface area (Å²) < 4.78 is 5.12. The highest BCUT2D eigenvalue weighted by Crippen LogP contribution is 2.16. The molecule has 114 valence electrons. The summed E-state index contributed by atoms with van der Waals surface area (Å²) in [6.45, 7) is 2.36. The van der Waals surface area contributed by atoms with Crippen LogP contribution in [0.1, 0.15) is 27.0 Å². The Hall–Kier alpha value is -2.33. The van der Waals surface area contributed by atoms with Crippen LogP contribution in [-0.2, 0) is 19.5 Å². The van der Waals surface area contributed by atoms with Crippen LogP contribution in [0.25, 0.3) is 0 Å². The monoisotopic (exact) mass is 296 g/mol. The van der Waals surface area contributed by atoms with E-state index in [2.05, 4.69) is 16.7 Å². The summed E-state index contributed by atoms with van der Waals surface area (Å²) in [4.78, 5) is 12.3. The first-order valence-electron chi connectivity index (χ1n) is 7.50. The van der Waals surface area contributed by atoms with Crippen LogP contribution >= 0.6 is 0 Å². The molecule has 0 spiro atoms. The summed E-state index contributed by atoms with van der Waals surface area (Å²) in [5, 5.41) is 6.29. The third-order valence-corrected chi connectivity index (χ3v) is 3.97. The molecule has 22 heavy (non-hydrogen) atoms. The zero-order valence-electron chi connectivity index (χ0n) is 12.7. The molecule has 0 atom stereocenters. The summed E-state index contributed by atoms with van der Waals surface area (Å²) in [6.07, 6.45) is 1.03. The van der Waals surface area contributed by atoms with E-state index in [9.17, 15) is 4.79 Å². The number of fused-ring (bicyclic) bond motifs is 1. The lowest BCUT2D eigenvalue weighted by molar-refractivity contribution is 0.0951. The van der Waals surface area contributed by atoms with E-state index in [4.69, 9.17) is 4.74 Å². The first-order valence-corrected chi connectivity index (χ1v) is 7.50. The fourth-order valence-electron chi connectivity index (χ4n) is 2.65. The number of carbonyl (C=O) groups is 1. The lowest BCUT2D eigenvalue weighted by atomic mass is 9.98. The average Bonchev–Trinajstić information content (AvgIpc) is 2.59. The third-order valence-electron chi connectivity index (χ3n) is 3.97. The van der Waals surface area contributed by atoms with Crippen LogP contribution in [0.5, 0.6) is 5.75 Å². The van der Waals surface area contributed by atoms with Gasteiger partial charge in [-0.15, -0.1) is 0 Å². The maximum Gasteiger partial charge on any atom is 0.251 e. The number of carbonyl (C=O) groups excluding carboxylic acids is 1. The zero-order chi connectivity index (χ0) is 15.4. The Balaban J connectivity index is 1.64. The van der Waals surface area contributed by atoms with Crippen molar-refractivity contribution in [1.82, 2.24) is 10.6 Å². The summed E-state index contributed by atoms with van der Waals surface area (Å²) in [6, 6.07) is 13.7. The van der Waals surface area contributed by atoms with Crippen LogP contribution in [0, 0.1) is 0 Å². The highest BCUT2D eigenvalue weighted by atomic mass is 16.5. The van der Waals surface area contributed by atoms with Crippen LogP contribution in [0.2, 0.25) is 0 Å². The summed E-state index contributed by atoms with van der Waals surface area (Å²) in [7, 11) is 1.64. The molecule has 1 amide bonds. The fraction of sp³-hybridized carbons (Fsp3) is 0.278. The van der Waals surface area contributed by atoms with Crippen molar-refractivity contribution in [2.24, 2.45) is 0 Å². The lowest BCUT2D eigenvalue weighted by Gasteiger charge is -2.17. The standard InChI is InChI=1S/C18H20N2O2/c1-22-17-6-2-13(3-7-17)11-20-18(21)15-5-4-14-8-9-19-12-16(14)10-15/h2-7,10,19H,8-9,11-12H2,1H3,(H,20,21). The van der Waals surface area contributed by atoms with Crippen molar-refractivity contribution in [3.05, 3.63) is 64.7 Å². The number of methoxy groups -OCH3 is 1. The van der Waals surface area contributed by atoms with E-state index in [1.54, 1.807) is 7.11 Å². The Morgan fingerprint density at radius 2 is 2.00 bits per heavy atom. The van der Waals surface area contributed by atoms with Gasteiger partial charge in [0.25, 0.3) is 5.91 Å². The van der Waals surface area contributed by atoms with Crippen molar-refractivity contribution in [3.8, 4) is 5.75 Å². The van der Waals surface area contributed by atoms with Crippen LogP contribution in [0.3, 0.4) is 0 Å². The number of nitrogens with one attached hydrogen (secondary N) is 2. The van der Waals surface area contributed by atoms with Gasteiger partial charge in [0, 0.05) is 18.7 Å². The summed E-state index contributed by atoms with van der Waals surface area (Å²) in [5.41, 5.74) is 4.33. The van der Waals surface area contributed by atoms with Crippen LogP contribution in [0.15, 0.2) is 42.5 Å². The van der Waals surface area contributed by atoms with Crippen molar-refractivity contribution < 1.29 is 9.53 Å². The largest absolute Gasteiger partial charge is 0.497 e. The second kappa shape index (κ2) is 6.62. The molecular weight excluding hydrogens is 276 g/mol. The molecule has 2 N–H and O–H groups in total. The molecule has 1 aliphatic heterocycles. The summed E-state index contributed by atoms with van der Waals surface area (Å²) >= 11 is 0. The van der Waals surface area contributed by atoms with Gasteiger partial charge in [-0.25, -0.2) is 0 Å². The first kappa shape index (κ1) is 14.6. The highest BCUT2D eigenvalue weighted by Gasteiger charge is 2.12. The first-order chi connectivity index (χ1) is 10.8. The van der Waals surface area contributed by atoms with E-state index >= 15 is 0 Å². The molecule has 2 aromatic rings. The third kappa shape index (κ3) is 3.28. The SMILES string of the molecule is COc1ccc(CNC(=O)c2ccc3c(c2)CNCC3)cc1. The molecule has 0 fully saturated rings. The molecule has 2 aromatic carbocycles. The van der Waals surface area contributed by atoms with E-state index < -0.39 is 0 Å². The van der Waals surface area contributed by atoms with E-state index in [1.165, 1.54) is 11.1 Å². The van der Waals surface area contributed by atoms with Crippen molar-refractivity contribution in [2.45, 2.75) is 19.5 Å². The Morgan fingerprint density at radius 3 is 2.77 bits per heavy atom. The molecule has 0 bridgehead atoms. The highest BCUT2D eigenvalue weighted by molar-refractivity contribution is 5.94. The van der Waals surface area contributed by atoms with Crippen molar-refractivity contribution in [3.63, 3.8) is 0 Å². The van der Waals surface area contributed by atoms with E-state index in [-0.39, 0.29) is 5.91 Å². The minimum atomic E-state index is -0.0378. The lowest BCUT2D eigenvalue weighted by Crippen LogP contribution is -2.26. The van der Waals surface area contributed by atoms with Gasteiger partial charge in [-0.05, 0) is 53.9 Å². The Bertz CT molecular complexity index is 665. The number of hydrogen-bond donors (Lipinski definition) is 2. The molecule has 0 saturated heterocycles. The molecule has 0 aromatic heterocycles. The minimum Gasteiger partial charge on any atom is -0.497 e. The summed E-state index contributed by atoms with van der Waals surface area (Å²) in [5.74, 6) is 0.779. The normalized spacial score (nSPS) is 13.3. The number of rotatable bonds is 4. The Kier molecular flexibility index (Phi) is 4.39.